The highest BCUT2D eigenvalue weighted by Gasteiger charge is 2.12. The van der Waals surface area contributed by atoms with Crippen molar-refractivity contribution in [1.29, 1.82) is 0 Å². The Balaban J connectivity index is 2.49. The Morgan fingerprint density at radius 1 is 1.00 bits per heavy atom. The summed E-state index contributed by atoms with van der Waals surface area (Å²) in [7, 11) is -3.58. The molecule has 0 fully saturated rings. The zero-order valence-corrected chi connectivity index (χ0v) is 11.2. The summed E-state index contributed by atoms with van der Waals surface area (Å²) < 4.78 is 27.1. The first-order chi connectivity index (χ1) is 8.47. The molecule has 0 heterocycles. The summed E-state index contributed by atoms with van der Waals surface area (Å²) in [5.41, 5.74) is 1.64. The van der Waals surface area contributed by atoms with Gasteiger partial charge in [-0.3, -0.25) is 0 Å². The van der Waals surface area contributed by atoms with Crippen molar-refractivity contribution in [2.75, 3.05) is 6.26 Å². The van der Waals surface area contributed by atoms with Crippen LogP contribution in [0.5, 0.6) is 5.75 Å². The minimum atomic E-state index is -3.58. The number of benzene rings is 2. The van der Waals surface area contributed by atoms with Crippen LogP contribution in [0.1, 0.15) is 0 Å². The van der Waals surface area contributed by atoms with Crippen LogP contribution in [0.15, 0.2) is 48.5 Å². The Morgan fingerprint density at radius 3 is 2.28 bits per heavy atom. The SMILES string of the molecule is CS(=O)(=O)Oc1cccc(-c2ccccc2)c1Cl. The fourth-order valence-electron chi connectivity index (χ4n) is 1.58. The Labute approximate surface area is 111 Å². The molecular formula is C13H11ClO3S. The third kappa shape index (κ3) is 3.03. The van der Waals surface area contributed by atoms with Crippen LogP contribution >= 0.6 is 11.6 Å². The molecule has 2 aromatic carbocycles. The highest BCUT2D eigenvalue weighted by Crippen LogP contribution is 2.35. The molecule has 0 saturated heterocycles. The molecule has 0 amide bonds. The van der Waals surface area contributed by atoms with Crippen LogP contribution in [-0.4, -0.2) is 14.7 Å². The van der Waals surface area contributed by atoms with Gasteiger partial charge in [-0.2, -0.15) is 8.42 Å². The summed E-state index contributed by atoms with van der Waals surface area (Å²) in [6.45, 7) is 0. The zero-order valence-electron chi connectivity index (χ0n) is 9.63. The smallest absolute Gasteiger partial charge is 0.306 e. The van der Waals surface area contributed by atoms with Gasteiger partial charge < -0.3 is 4.18 Å². The molecule has 0 N–H and O–H groups in total. The monoisotopic (exact) mass is 282 g/mol. The van der Waals surface area contributed by atoms with E-state index < -0.39 is 10.1 Å². The lowest BCUT2D eigenvalue weighted by Crippen LogP contribution is -2.06. The van der Waals surface area contributed by atoms with E-state index in [2.05, 4.69) is 0 Å². The molecule has 2 aromatic rings. The van der Waals surface area contributed by atoms with Crippen molar-refractivity contribution in [2.45, 2.75) is 0 Å². The molecular weight excluding hydrogens is 272 g/mol. The topological polar surface area (TPSA) is 43.4 Å². The normalized spacial score (nSPS) is 11.2. The quantitative estimate of drug-likeness (QED) is 0.811. The average Bonchev–Trinajstić information content (AvgIpc) is 2.31. The molecule has 0 aromatic heterocycles. The van der Waals surface area contributed by atoms with Crippen LogP contribution in [-0.2, 0) is 10.1 Å². The van der Waals surface area contributed by atoms with Gasteiger partial charge in [0.15, 0.2) is 5.75 Å². The molecule has 94 valence electrons. The number of hydrogen-bond donors (Lipinski definition) is 0. The van der Waals surface area contributed by atoms with E-state index in [1.54, 1.807) is 6.07 Å². The first-order valence-corrected chi connectivity index (χ1v) is 7.40. The summed E-state index contributed by atoms with van der Waals surface area (Å²) >= 11 is 6.16. The lowest BCUT2D eigenvalue weighted by atomic mass is 10.1. The van der Waals surface area contributed by atoms with Gasteiger partial charge in [0.05, 0.1) is 11.3 Å². The maximum absolute atomic E-state index is 11.1. The molecule has 3 nitrogen and oxygen atoms in total. The van der Waals surface area contributed by atoms with E-state index in [9.17, 15) is 8.42 Å². The van der Waals surface area contributed by atoms with E-state index >= 15 is 0 Å². The van der Waals surface area contributed by atoms with Crippen molar-refractivity contribution in [3.05, 3.63) is 53.6 Å². The Kier molecular flexibility index (Phi) is 3.59. The van der Waals surface area contributed by atoms with Gasteiger partial charge in [0.25, 0.3) is 0 Å². The van der Waals surface area contributed by atoms with Gasteiger partial charge in [-0.15, -0.1) is 0 Å². The van der Waals surface area contributed by atoms with Crippen molar-refractivity contribution in [3.8, 4) is 16.9 Å². The van der Waals surface area contributed by atoms with Crippen LogP contribution < -0.4 is 4.18 Å². The third-order valence-electron chi connectivity index (χ3n) is 2.29. The number of rotatable bonds is 3. The molecule has 18 heavy (non-hydrogen) atoms. The van der Waals surface area contributed by atoms with Crippen molar-refractivity contribution >= 4 is 21.7 Å². The molecule has 0 saturated carbocycles. The van der Waals surface area contributed by atoms with Gasteiger partial charge in [0, 0.05) is 5.56 Å². The second kappa shape index (κ2) is 5.00. The van der Waals surface area contributed by atoms with Crippen molar-refractivity contribution < 1.29 is 12.6 Å². The van der Waals surface area contributed by atoms with E-state index in [1.165, 1.54) is 6.07 Å². The van der Waals surface area contributed by atoms with Crippen molar-refractivity contribution in [3.63, 3.8) is 0 Å². The highest BCUT2D eigenvalue weighted by atomic mass is 35.5. The molecule has 2 rings (SSSR count). The minimum absolute atomic E-state index is 0.139. The molecule has 0 aliphatic rings. The maximum atomic E-state index is 11.1. The first kappa shape index (κ1) is 12.9. The van der Waals surface area contributed by atoms with Crippen LogP contribution in [0.3, 0.4) is 0 Å². The standard InChI is InChI=1S/C13H11ClO3S/c1-18(15,16)17-12-9-5-8-11(13(12)14)10-6-3-2-4-7-10/h2-9H,1H3. The van der Waals surface area contributed by atoms with Gasteiger partial charge >= 0.3 is 10.1 Å². The molecule has 0 unspecified atom stereocenters. The van der Waals surface area contributed by atoms with Gasteiger partial charge in [-0.25, -0.2) is 0 Å². The Morgan fingerprint density at radius 2 is 1.67 bits per heavy atom. The summed E-state index contributed by atoms with van der Waals surface area (Å²) in [5, 5.41) is 0.286. The lowest BCUT2D eigenvalue weighted by molar-refractivity contribution is 0.493. The van der Waals surface area contributed by atoms with E-state index in [4.69, 9.17) is 15.8 Å². The van der Waals surface area contributed by atoms with E-state index in [0.717, 1.165) is 17.4 Å². The Hall–Kier alpha value is -1.52. The zero-order chi connectivity index (χ0) is 13.2. The maximum Gasteiger partial charge on any atom is 0.306 e. The van der Waals surface area contributed by atoms with Crippen molar-refractivity contribution in [1.82, 2.24) is 0 Å². The second-order valence-corrected chi connectivity index (χ2v) is 5.72. The summed E-state index contributed by atoms with van der Waals surface area (Å²) in [5.74, 6) is 0.139. The van der Waals surface area contributed by atoms with Gasteiger partial charge in [-0.1, -0.05) is 54.1 Å². The van der Waals surface area contributed by atoms with Crippen LogP contribution in [0.4, 0.5) is 0 Å². The predicted octanol–water partition coefficient (Wildman–Crippen LogP) is 3.35. The number of halogens is 1. The second-order valence-electron chi connectivity index (χ2n) is 3.77. The van der Waals surface area contributed by atoms with E-state index in [0.29, 0.717) is 0 Å². The average molecular weight is 283 g/mol. The van der Waals surface area contributed by atoms with E-state index in [-0.39, 0.29) is 10.8 Å². The third-order valence-corrected chi connectivity index (χ3v) is 3.16. The van der Waals surface area contributed by atoms with Gasteiger partial charge in [0.2, 0.25) is 0 Å². The minimum Gasteiger partial charge on any atom is -0.381 e. The molecule has 0 radical (unpaired) electrons. The lowest BCUT2D eigenvalue weighted by Gasteiger charge is -2.09. The van der Waals surface area contributed by atoms with Crippen LogP contribution in [0.25, 0.3) is 11.1 Å². The molecule has 0 aliphatic heterocycles. The fourth-order valence-corrected chi connectivity index (χ4v) is 2.36. The fraction of sp³-hybridized carbons (Fsp3) is 0.0769. The molecule has 0 aliphatic carbocycles. The van der Waals surface area contributed by atoms with Crippen molar-refractivity contribution in [2.24, 2.45) is 0 Å². The Bertz CT molecular complexity index is 651. The van der Waals surface area contributed by atoms with E-state index in [1.807, 2.05) is 36.4 Å². The van der Waals surface area contributed by atoms with Crippen LogP contribution in [0, 0.1) is 0 Å². The molecule has 5 heteroatoms. The molecule has 0 bridgehead atoms. The predicted molar refractivity (Wildman–Crippen MR) is 72.4 cm³/mol. The number of hydrogen-bond acceptors (Lipinski definition) is 3. The summed E-state index contributed by atoms with van der Waals surface area (Å²) in [4.78, 5) is 0. The van der Waals surface area contributed by atoms with Crippen LogP contribution in [0.2, 0.25) is 5.02 Å². The largest absolute Gasteiger partial charge is 0.381 e. The highest BCUT2D eigenvalue weighted by molar-refractivity contribution is 7.86. The molecule has 0 spiro atoms. The summed E-state index contributed by atoms with van der Waals surface area (Å²) in [6.07, 6.45) is 0.985. The molecule has 0 atom stereocenters. The summed E-state index contributed by atoms with van der Waals surface area (Å²) in [6, 6.07) is 14.5. The van der Waals surface area contributed by atoms with Gasteiger partial charge in [-0.05, 0) is 11.6 Å². The first-order valence-electron chi connectivity index (χ1n) is 5.21. The van der Waals surface area contributed by atoms with Gasteiger partial charge in [0.1, 0.15) is 0 Å².